The lowest BCUT2D eigenvalue weighted by Gasteiger charge is -2.15. The zero-order valence-electron chi connectivity index (χ0n) is 20.5. The Balaban J connectivity index is 1.35. The molecule has 3 N–H and O–H groups in total. The van der Waals surface area contributed by atoms with E-state index in [2.05, 4.69) is 25.6 Å². The van der Waals surface area contributed by atoms with Crippen LogP contribution in [-0.2, 0) is 6.42 Å². The maximum atomic E-state index is 13.5. The van der Waals surface area contributed by atoms with Crippen molar-refractivity contribution in [3.8, 4) is 28.1 Å². The van der Waals surface area contributed by atoms with Gasteiger partial charge in [0, 0.05) is 28.6 Å². The van der Waals surface area contributed by atoms with E-state index in [0.717, 1.165) is 33.6 Å². The lowest BCUT2D eigenvalue weighted by Crippen LogP contribution is -2.24. The van der Waals surface area contributed by atoms with Crippen molar-refractivity contribution in [3.63, 3.8) is 0 Å². The van der Waals surface area contributed by atoms with E-state index in [9.17, 15) is 9.59 Å². The summed E-state index contributed by atoms with van der Waals surface area (Å²) < 4.78 is 3.35. The van der Waals surface area contributed by atoms with Crippen LogP contribution < -0.4 is 10.9 Å². The van der Waals surface area contributed by atoms with E-state index in [1.807, 2.05) is 31.2 Å². The van der Waals surface area contributed by atoms with Crippen LogP contribution in [0.3, 0.4) is 0 Å². The zero-order chi connectivity index (χ0) is 27.3. The molecule has 0 saturated carbocycles. The van der Waals surface area contributed by atoms with E-state index in [1.165, 1.54) is 0 Å². The highest BCUT2D eigenvalue weighted by atomic mass is 35.5. The highest BCUT2D eigenvalue weighted by molar-refractivity contribution is 6.32. The molecular weight excluding hydrogens is 541 g/mol. The minimum Gasteiger partial charge on any atom is -0.465 e. The first kappa shape index (κ1) is 24.9. The number of pyridine rings is 1. The molecule has 4 heterocycles. The normalized spacial score (nSPS) is 14.4. The molecule has 0 spiro atoms. The standard InChI is InChI=1S/C27H21Cl2N7O3/c1-14-2-8-20(35-13-22(28)33-34-35)19(10-14)16-11-18-7-9-21(36(18)23(37)12-16)26-31-24(25(29)32-26)15-3-5-17(6-4-15)30-27(38)39/h2-6,8,10-13,21,30H,7,9H2,1H3,(H,31,32)(H,38,39)/t21-/m0/s1. The molecule has 196 valence electrons. The summed E-state index contributed by atoms with van der Waals surface area (Å²) in [4.78, 5) is 32.2. The molecular formula is C27H21Cl2N7O3. The number of imidazole rings is 1. The average Bonchev–Trinajstić information content (AvgIpc) is 3.62. The SMILES string of the molecule is Cc1ccc(-n2cc(Cl)nn2)c(-c2cc3n(c(=O)c2)[C@H](c2nc(Cl)c(-c4ccc(NC(=O)O)cc4)[nH]2)CC3)c1. The van der Waals surface area contributed by atoms with Crippen molar-refractivity contribution in [2.24, 2.45) is 0 Å². The van der Waals surface area contributed by atoms with Crippen molar-refractivity contribution in [1.29, 1.82) is 0 Å². The summed E-state index contributed by atoms with van der Waals surface area (Å²) in [5.74, 6) is 0.588. The van der Waals surface area contributed by atoms with Crippen LogP contribution >= 0.6 is 23.2 Å². The molecule has 0 fully saturated rings. The van der Waals surface area contributed by atoms with E-state index in [4.69, 9.17) is 28.3 Å². The smallest absolute Gasteiger partial charge is 0.409 e. The lowest BCUT2D eigenvalue weighted by molar-refractivity contribution is 0.209. The topological polar surface area (TPSA) is 131 Å². The largest absolute Gasteiger partial charge is 0.465 e. The van der Waals surface area contributed by atoms with Gasteiger partial charge in [0.15, 0.2) is 10.3 Å². The molecule has 0 aliphatic carbocycles. The first-order valence-corrected chi connectivity index (χ1v) is 12.8. The van der Waals surface area contributed by atoms with Crippen molar-refractivity contribution in [1.82, 2.24) is 29.5 Å². The van der Waals surface area contributed by atoms with Gasteiger partial charge >= 0.3 is 6.09 Å². The van der Waals surface area contributed by atoms with Crippen LogP contribution in [0.2, 0.25) is 10.3 Å². The summed E-state index contributed by atoms with van der Waals surface area (Å²) in [6, 6.07) is 16.0. The summed E-state index contributed by atoms with van der Waals surface area (Å²) in [5.41, 5.74) is 5.98. The molecule has 39 heavy (non-hydrogen) atoms. The number of nitrogens with zero attached hydrogens (tertiary/aromatic N) is 5. The number of rotatable bonds is 5. The molecule has 5 aromatic rings. The number of halogens is 2. The van der Waals surface area contributed by atoms with Crippen LogP contribution in [0.5, 0.6) is 0 Å². The highest BCUT2D eigenvalue weighted by Crippen LogP contribution is 2.36. The van der Waals surface area contributed by atoms with Gasteiger partial charge in [-0.05, 0) is 55.7 Å². The fourth-order valence-corrected chi connectivity index (χ4v) is 5.39. The predicted octanol–water partition coefficient (Wildman–Crippen LogP) is 5.73. The molecule has 10 nitrogen and oxygen atoms in total. The van der Waals surface area contributed by atoms with Gasteiger partial charge in [0.05, 0.1) is 23.6 Å². The van der Waals surface area contributed by atoms with E-state index in [-0.39, 0.29) is 21.9 Å². The Kier molecular flexibility index (Phi) is 6.20. The number of fused-ring (bicyclic) bond motifs is 1. The Morgan fingerprint density at radius 1 is 1.10 bits per heavy atom. The van der Waals surface area contributed by atoms with Crippen LogP contribution in [0.15, 0.2) is 65.6 Å². The first-order chi connectivity index (χ1) is 18.8. The zero-order valence-corrected chi connectivity index (χ0v) is 22.0. The molecule has 6 rings (SSSR count). The number of aromatic amines is 1. The number of carbonyl (C=O) groups is 1. The summed E-state index contributed by atoms with van der Waals surface area (Å²) in [5, 5.41) is 19.7. The van der Waals surface area contributed by atoms with Gasteiger partial charge < -0.3 is 14.7 Å². The number of benzene rings is 2. The summed E-state index contributed by atoms with van der Waals surface area (Å²) >= 11 is 12.5. The minimum atomic E-state index is -1.14. The predicted molar refractivity (Wildman–Crippen MR) is 148 cm³/mol. The maximum Gasteiger partial charge on any atom is 0.409 e. The van der Waals surface area contributed by atoms with Gasteiger partial charge in [-0.2, -0.15) is 0 Å². The number of amides is 1. The van der Waals surface area contributed by atoms with Gasteiger partial charge in [0.1, 0.15) is 5.82 Å². The van der Waals surface area contributed by atoms with Crippen molar-refractivity contribution in [2.75, 3.05) is 5.32 Å². The molecule has 0 saturated heterocycles. The highest BCUT2D eigenvalue weighted by Gasteiger charge is 2.29. The van der Waals surface area contributed by atoms with Crippen LogP contribution in [0, 0.1) is 6.92 Å². The summed E-state index contributed by atoms with van der Waals surface area (Å²) in [6.07, 6.45) is 1.86. The number of carboxylic acid groups (broad SMARTS) is 1. The summed E-state index contributed by atoms with van der Waals surface area (Å²) in [6.45, 7) is 1.99. The molecule has 3 aromatic heterocycles. The Morgan fingerprint density at radius 3 is 2.62 bits per heavy atom. The Bertz CT molecular complexity index is 1790. The number of aryl methyl sites for hydroxylation is 2. The quantitative estimate of drug-likeness (QED) is 0.251. The Morgan fingerprint density at radius 2 is 1.90 bits per heavy atom. The number of anilines is 1. The number of H-pyrrole nitrogens is 1. The van der Waals surface area contributed by atoms with Crippen LogP contribution in [-0.4, -0.2) is 40.7 Å². The first-order valence-electron chi connectivity index (χ1n) is 12.1. The average molecular weight is 562 g/mol. The monoisotopic (exact) mass is 561 g/mol. The fraction of sp³-hybridized carbons (Fsp3) is 0.148. The molecule has 0 bridgehead atoms. The molecule has 2 aromatic carbocycles. The Labute approximate surface area is 231 Å². The van der Waals surface area contributed by atoms with Crippen molar-refractivity contribution in [3.05, 3.63) is 98.5 Å². The van der Waals surface area contributed by atoms with E-state index >= 15 is 0 Å². The minimum absolute atomic E-state index is 0.146. The van der Waals surface area contributed by atoms with Crippen molar-refractivity contribution < 1.29 is 9.90 Å². The van der Waals surface area contributed by atoms with Crippen LogP contribution in [0.25, 0.3) is 28.1 Å². The Hall–Kier alpha value is -4.41. The van der Waals surface area contributed by atoms with E-state index in [1.54, 1.807) is 45.8 Å². The maximum absolute atomic E-state index is 13.5. The van der Waals surface area contributed by atoms with E-state index in [0.29, 0.717) is 30.0 Å². The molecule has 12 heteroatoms. The number of aromatic nitrogens is 6. The second kappa shape index (κ2) is 9.72. The molecule has 1 atom stereocenters. The van der Waals surface area contributed by atoms with Crippen LogP contribution in [0.1, 0.15) is 29.5 Å². The van der Waals surface area contributed by atoms with E-state index < -0.39 is 6.09 Å². The second-order valence-electron chi connectivity index (χ2n) is 9.30. The number of hydrogen-bond acceptors (Lipinski definition) is 5. The molecule has 1 aliphatic rings. The molecule has 0 radical (unpaired) electrons. The van der Waals surface area contributed by atoms with Crippen molar-refractivity contribution in [2.45, 2.75) is 25.8 Å². The summed E-state index contributed by atoms with van der Waals surface area (Å²) in [7, 11) is 0. The molecule has 1 aliphatic heterocycles. The van der Waals surface area contributed by atoms with Crippen molar-refractivity contribution >= 4 is 35.0 Å². The van der Waals surface area contributed by atoms with Gasteiger partial charge in [-0.15, -0.1) is 5.10 Å². The number of nitrogens with one attached hydrogen (secondary N) is 2. The second-order valence-corrected chi connectivity index (χ2v) is 10.0. The lowest BCUT2D eigenvalue weighted by atomic mass is 10.0. The van der Waals surface area contributed by atoms with Crippen LogP contribution in [0.4, 0.5) is 10.5 Å². The van der Waals surface area contributed by atoms with Gasteiger partial charge in [-0.1, -0.05) is 52.2 Å². The van der Waals surface area contributed by atoms with Gasteiger partial charge in [-0.25, -0.2) is 14.5 Å². The van der Waals surface area contributed by atoms with Gasteiger partial charge in [0.25, 0.3) is 5.56 Å². The van der Waals surface area contributed by atoms with Gasteiger partial charge in [-0.3, -0.25) is 10.1 Å². The third kappa shape index (κ3) is 4.68. The molecule has 1 amide bonds. The molecule has 0 unspecified atom stereocenters. The third-order valence-electron chi connectivity index (χ3n) is 6.73. The number of hydrogen-bond donors (Lipinski definition) is 3. The van der Waals surface area contributed by atoms with Gasteiger partial charge in [0.2, 0.25) is 0 Å². The third-order valence-corrected chi connectivity index (χ3v) is 7.17. The fourth-order valence-electron chi connectivity index (χ4n) is 5.01.